The quantitative estimate of drug-likeness (QED) is 0.880. The van der Waals surface area contributed by atoms with E-state index in [1.807, 2.05) is 23.7 Å². The molecule has 1 aliphatic carbocycles. The van der Waals surface area contributed by atoms with E-state index in [4.69, 9.17) is 10.2 Å². The maximum absolute atomic E-state index is 6.10. The highest BCUT2D eigenvalue weighted by Crippen LogP contribution is 2.32. The van der Waals surface area contributed by atoms with Crippen molar-refractivity contribution in [2.45, 2.75) is 45.1 Å². The fraction of sp³-hybridized carbons (Fsp3) is 0.500. The minimum atomic E-state index is 0.472. The van der Waals surface area contributed by atoms with Gasteiger partial charge in [-0.1, -0.05) is 19.3 Å². The molecule has 0 saturated heterocycles. The third-order valence-corrected chi connectivity index (χ3v) is 3.82. The Labute approximate surface area is 107 Å². The summed E-state index contributed by atoms with van der Waals surface area (Å²) in [6, 6.07) is 4.37. The molecule has 0 aromatic carbocycles. The molecule has 0 amide bonds. The molecule has 18 heavy (non-hydrogen) atoms. The van der Waals surface area contributed by atoms with Crippen LogP contribution in [0.25, 0.3) is 11.3 Å². The number of hydrogen-bond donors (Lipinski definition) is 1. The number of nitrogens with zero attached hydrogens (tertiary/aromatic N) is 2. The molecule has 0 spiro atoms. The predicted octanol–water partition coefficient (Wildman–Crippen LogP) is 3.54. The molecule has 1 saturated carbocycles. The van der Waals surface area contributed by atoms with Crippen molar-refractivity contribution in [2.75, 3.05) is 5.73 Å². The number of nitrogen functional groups attached to an aromatic ring is 1. The second-order valence-electron chi connectivity index (χ2n) is 5.08. The number of furan rings is 1. The van der Waals surface area contributed by atoms with Gasteiger partial charge in [-0.15, -0.1) is 0 Å². The van der Waals surface area contributed by atoms with Crippen molar-refractivity contribution in [1.29, 1.82) is 0 Å². The highest BCUT2D eigenvalue weighted by atomic mass is 16.3. The lowest BCUT2D eigenvalue weighted by Crippen LogP contribution is -2.16. The maximum atomic E-state index is 6.10. The first-order valence-corrected chi connectivity index (χ1v) is 6.65. The topological polar surface area (TPSA) is 57.0 Å². The summed E-state index contributed by atoms with van der Waals surface area (Å²) in [5.74, 6) is 1.65. The Hall–Kier alpha value is -1.71. The summed E-state index contributed by atoms with van der Waals surface area (Å²) in [4.78, 5) is 0. The summed E-state index contributed by atoms with van der Waals surface area (Å²) < 4.78 is 7.32. The molecule has 2 aromatic rings. The third-order valence-electron chi connectivity index (χ3n) is 3.82. The maximum Gasteiger partial charge on any atom is 0.122 e. The van der Waals surface area contributed by atoms with Crippen LogP contribution in [0.15, 0.2) is 22.8 Å². The zero-order chi connectivity index (χ0) is 12.5. The Morgan fingerprint density at radius 3 is 2.78 bits per heavy atom. The van der Waals surface area contributed by atoms with Gasteiger partial charge in [0.1, 0.15) is 11.6 Å². The van der Waals surface area contributed by atoms with Crippen molar-refractivity contribution in [3.8, 4) is 11.3 Å². The van der Waals surface area contributed by atoms with E-state index >= 15 is 0 Å². The van der Waals surface area contributed by atoms with Crippen LogP contribution in [0.2, 0.25) is 0 Å². The fourth-order valence-electron chi connectivity index (χ4n) is 2.81. The molecule has 1 fully saturated rings. The molecule has 3 rings (SSSR count). The number of anilines is 1. The van der Waals surface area contributed by atoms with Crippen LogP contribution in [0.4, 0.5) is 5.82 Å². The second kappa shape index (κ2) is 4.52. The lowest BCUT2D eigenvalue weighted by atomic mass is 9.96. The van der Waals surface area contributed by atoms with Crippen LogP contribution < -0.4 is 5.73 Å². The van der Waals surface area contributed by atoms with Crippen LogP contribution in [0.1, 0.15) is 43.9 Å². The van der Waals surface area contributed by atoms with Gasteiger partial charge in [-0.25, -0.2) is 4.68 Å². The first-order valence-electron chi connectivity index (χ1n) is 6.65. The van der Waals surface area contributed by atoms with Gasteiger partial charge in [0.25, 0.3) is 0 Å². The van der Waals surface area contributed by atoms with Crippen LogP contribution in [-0.2, 0) is 0 Å². The van der Waals surface area contributed by atoms with Gasteiger partial charge in [0, 0.05) is 11.6 Å². The van der Waals surface area contributed by atoms with E-state index in [-0.39, 0.29) is 0 Å². The molecule has 0 atom stereocenters. The van der Waals surface area contributed by atoms with Crippen molar-refractivity contribution in [2.24, 2.45) is 0 Å². The van der Waals surface area contributed by atoms with Gasteiger partial charge in [-0.05, 0) is 25.8 Å². The number of hydrogen-bond acceptors (Lipinski definition) is 3. The van der Waals surface area contributed by atoms with E-state index in [1.165, 1.54) is 32.1 Å². The number of aryl methyl sites for hydroxylation is 1. The highest BCUT2D eigenvalue weighted by molar-refractivity contribution is 5.63. The Kier molecular flexibility index (Phi) is 2.86. The van der Waals surface area contributed by atoms with Crippen LogP contribution in [0.3, 0.4) is 0 Å². The average molecular weight is 245 g/mol. The van der Waals surface area contributed by atoms with E-state index in [2.05, 4.69) is 5.10 Å². The van der Waals surface area contributed by atoms with Crippen LogP contribution in [0.5, 0.6) is 0 Å². The largest absolute Gasteiger partial charge is 0.469 e. The van der Waals surface area contributed by atoms with Crippen LogP contribution in [0, 0.1) is 6.92 Å². The van der Waals surface area contributed by atoms with Gasteiger partial charge in [0.15, 0.2) is 0 Å². The summed E-state index contributed by atoms with van der Waals surface area (Å²) in [5, 5.41) is 4.67. The lowest BCUT2D eigenvalue weighted by Gasteiger charge is -2.22. The molecule has 2 N–H and O–H groups in total. The molecule has 4 heteroatoms. The average Bonchev–Trinajstić information content (AvgIpc) is 2.96. The summed E-state index contributed by atoms with van der Waals surface area (Å²) in [6.45, 7) is 1.95. The standard InChI is InChI=1S/C14H19N3O/c1-10-12(7-8-18-10)13-9-14(15)17(16-13)11-5-3-2-4-6-11/h7-9,11H,2-6,15H2,1H3. The van der Waals surface area contributed by atoms with Crippen LogP contribution in [-0.4, -0.2) is 9.78 Å². The second-order valence-corrected chi connectivity index (χ2v) is 5.08. The van der Waals surface area contributed by atoms with Gasteiger partial charge in [-0.3, -0.25) is 0 Å². The molecule has 2 heterocycles. The summed E-state index contributed by atoms with van der Waals surface area (Å²) in [7, 11) is 0. The number of nitrogens with two attached hydrogens (primary N) is 1. The van der Waals surface area contributed by atoms with E-state index in [0.29, 0.717) is 6.04 Å². The summed E-state index contributed by atoms with van der Waals surface area (Å²) >= 11 is 0. The smallest absolute Gasteiger partial charge is 0.122 e. The highest BCUT2D eigenvalue weighted by Gasteiger charge is 2.20. The van der Waals surface area contributed by atoms with E-state index in [0.717, 1.165) is 22.8 Å². The van der Waals surface area contributed by atoms with E-state index in [9.17, 15) is 0 Å². The monoisotopic (exact) mass is 245 g/mol. The molecule has 2 aromatic heterocycles. The first kappa shape index (κ1) is 11.4. The molecule has 4 nitrogen and oxygen atoms in total. The fourth-order valence-corrected chi connectivity index (χ4v) is 2.81. The minimum Gasteiger partial charge on any atom is -0.469 e. The van der Waals surface area contributed by atoms with Crippen molar-refractivity contribution in [3.05, 3.63) is 24.2 Å². The SMILES string of the molecule is Cc1occc1-c1cc(N)n(C2CCCCC2)n1. The molecule has 96 valence electrons. The Balaban J connectivity index is 1.93. The third kappa shape index (κ3) is 1.92. The predicted molar refractivity (Wildman–Crippen MR) is 71.2 cm³/mol. The van der Waals surface area contributed by atoms with Gasteiger partial charge in [-0.2, -0.15) is 5.10 Å². The summed E-state index contributed by atoms with van der Waals surface area (Å²) in [6.07, 6.45) is 7.98. The van der Waals surface area contributed by atoms with Crippen molar-refractivity contribution in [1.82, 2.24) is 9.78 Å². The van der Waals surface area contributed by atoms with E-state index in [1.54, 1.807) is 6.26 Å². The van der Waals surface area contributed by atoms with Gasteiger partial charge < -0.3 is 10.2 Å². The van der Waals surface area contributed by atoms with E-state index < -0.39 is 0 Å². The summed E-state index contributed by atoms with van der Waals surface area (Å²) in [5.41, 5.74) is 8.06. The van der Waals surface area contributed by atoms with Gasteiger partial charge in [0.05, 0.1) is 18.0 Å². The molecule has 0 aliphatic heterocycles. The van der Waals surface area contributed by atoms with Crippen molar-refractivity contribution >= 4 is 5.82 Å². The zero-order valence-electron chi connectivity index (χ0n) is 10.7. The Morgan fingerprint density at radius 2 is 2.11 bits per heavy atom. The van der Waals surface area contributed by atoms with Crippen LogP contribution >= 0.6 is 0 Å². The zero-order valence-corrected chi connectivity index (χ0v) is 10.7. The molecular weight excluding hydrogens is 226 g/mol. The van der Waals surface area contributed by atoms with Crippen molar-refractivity contribution < 1.29 is 4.42 Å². The Bertz CT molecular complexity index is 535. The first-order chi connectivity index (χ1) is 8.75. The van der Waals surface area contributed by atoms with Gasteiger partial charge >= 0.3 is 0 Å². The molecule has 0 bridgehead atoms. The molecule has 0 unspecified atom stereocenters. The minimum absolute atomic E-state index is 0.472. The normalized spacial score (nSPS) is 17.2. The van der Waals surface area contributed by atoms with Gasteiger partial charge in [0.2, 0.25) is 0 Å². The molecule has 0 radical (unpaired) electrons. The van der Waals surface area contributed by atoms with Crippen molar-refractivity contribution in [3.63, 3.8) is 0 Å². The number of rotatable bonds is 2. The molecular formula is C14H19N3O. The lowest BCUT2D eigenvalue weighted by molar-refractivity contribution is 0.333. The molecule has 1 aliphatic rings. The number of aromatic nitrogens is 2. The Morgan fingerprint density at radius 1 is 1.33 bits per heavy atom.